The average Bonchev–Trinajstić information content (AvgIpc) is 3.17. The summed E-state index contributed by atoms with van der Waals surface area (Å²) in [5, 5.41) is 11.8. The number of aromatic amines is 1. The van der Waals surface area contributed by atoms with E-state index in [2.05, 4.69) is 4.98 Å². The number of nitro benzene ring substituents is 1. The maximum Gasteiger partial charge on any atom is 0.271 e. The summed E-state index contributed by atoms with van der Waals surface area (Å²) < 4.78 is 5.98. The molecule has 0 amide bonds. The van der Waals surface area contributed by atoms with E-state index >= 15 is 0 Å². The van der Waals surface area contributed by atoms with Gasteiger partial charge in [0.25, 0.3) is 5.69 Å². The van der Waals surface area contributed by atoms with Crippen LogP contribution in [0.25, 0.3) is 10.9 Å². The molecule has 3 aromatic carbocycles. The summed E-state index contributed by atoms with van der Waals surface area (Å²) in [6, 6.07) is 20.4. The van der Waals surface area contributed by atoms with Gasteiger partial charge in [-0.15, -0.1) is 0 Å². The molecule has 1 atom stereocenters. The maximum atomic E-state index is 13.4. The summed E-state index contributed by atoms with van der Waals surface area (Å²) in [5.74, 6) is -0.0534. The van der Waals surface area contributed by atoms with Crippen molar-refractivity contribution in [3.05, 3.63) is 105 Å². The Bertz CT molecular complexity index is 1200. The van der Waals surface area contributed by atoms with E-state index in [9.17, 15) is 14.9 Å². The van der Waals surface area contributed by atoms with E-state index in [1.54, 1.807) is 18.3 Å². The van der Waals surface area contributed by atoms with Crippen LogP contribution in [0.4, 0.5) is 5.69 Å². The summed E-state index contributed by atoms with van der Waals surface area (Å²) in [4.78, 5) is 26.9. The molecule has 7 heteroatoms. The van der Waals surface area contributed by atoms with Crippen LogP contribution in [0.3, 0.4) is 0 Å². The van der Waals surface area contributed by atoms with Gasteiger partial charge in [0.05, 0.1) is 9.95 Å². The Morgan fingerprint density at radius 1 is 1.03 bits per heavy atom. The molecule has 4 rings (SSSR count). The van der Waals surface area contributed by atoms with Gasteiger partial charge in [-0.2, -0.15) is 0 Å². The van der Waals surface area contributed by atoms with Crippen LogP contribution in [0.1, 0.15) is 22.0 Å². The molecule has 0 aliphatic rings. The van der Waals surface area contributed by atoms with Gasteiger partial charge < -0.3 is 9.72 Å². The molecule has 0 radical (unpaired) electrons. The van der Waals surface area contributed by atoms with Gasteiger partial charge in [-0.1, -0.05) is 60.1 Å². The minimum Gasteiger partial charge on any atom is -0.476 e. The highest BCUT2D eigenvalue weighted by atomic mass is 35.5. The summed E-state index contributed by atoms with van der Waals surface area (Å²) in [5.41, 5.74) is 1.84. The Kier molecular flexibility index (Phi) is 5.01. The standard InChI is InChI=1S/C22H15ClN2O4/c23-18-12-15(25(27)28)10-11-20(18)29-22(14-6-2-1-3-7-14)21(26)17-13-24-19-9-5-4-8-16(17)19/h1-13,22,24H. The normalized spacial score (nSPS) is 11.9. The number of benzene rings is 3. The third kappa shape index (κ3) is 3.70. The van der Waals surface area contributed by atoms with Crippen LogP contribution in [-0.4, -0.2) is 15.7 Å². The zero-order valence-electron chi connectivity index (χ0n) is 15.0. The highest BCUT2D eigenvalue weighted by molar-refractivity contribution is 6.32. The molecule has 6 nitrogen and oxygen atoms in total. The molecule has 1 heterocycles. The van der Waals surface area contributed by atoms with Gasteiger partial charge in [0.2, 0.25) is 5.78 Å². The fourth-order valence-corrected chi connectivity index (χ4v) is 3.36. The molecule has 1 unspecified atom stereocenters. The molecular formula is C22H15ClN2O4. The molecule has 0 aliphatic heterocycles. The highest BCUT2D eigenvalue weighted by Crippen LogP contribution is 2.34. The summed E-state index contributed by atoms with van der Waals surface area (Å²) >= 11 is 6.18. The Labute approximate surface area is 170 Å². The number of hydrogen-bond acceptors (Lipinski definition) is 4. The van der Waals surface area contributed by atoms with Crippen molar-refractivity contribution >= 4 is 34.0 Å². The molecule has 1 aromatic heterocycles. The first-order chi connectivity index (χ1) is 14.0. The van der Waals surface area contributed by atoms with Gasteiger partial charge in [-0.3, -0.25) is 14.9 Å². The number of H-pyrrole nitrogens is 1. The number of para-hydroxylation sites is 1. The van der Waals surface area contributed by atoms with E-state index < -0.39 is 11.0 Å². The number of non-ortho nitro benzene ring substituents is 1. The van der Waals surface area contributed by atoms with Crippen molar-refractivity contribution in [1.82, 2.24) is 4.98 Å². The lowest BCUT2D eigenvalue weighted by molar-refractivity contribution is -0.384. The van der Waals surface area contributed by atoms with Crippen LogP contribution >= 0.6 is 11.6 Å². The Morgan fingerprint density at radius 2 is 1.76 bits per heavy atom. The third-order valence-corrected chi connectivity index (χ3v) is 4.86. The molecule has 144 valence electrons. The number of ether oxygens (including phenoxy) is 1. The van der Waals surface area contributed by atoms with Gasteiger partial charge in [-0.25, -0.2) is 0 Å². The van der Waals surface area contributed by atoms with Crippen molar-refractivity contribution < 1.29 is 14.5 Å². The quantitative estimate of drug-likeness (QED) is 0.251. The summed E-state index contributed by atoms with van der Waals surface area (Å²) in [6.45, 7) is 0. The van der Waals surface area contributed by atoms with Gasteiger partial charge in [0, 0.05) is 40.4 Å². The smallest absolute Gasteiger partial charge is 0.271 e. The number of carbonyl (C=O) groups is 1. The number of halogens is 1. The van der Waals surface area contributed by atoms with Crippen LogP contribution in [0.2, 0.25) is 5.02 Å². The SMILES string of the molecule is O=C(c1c[nH]c2ccccc12)C(Oc1ccc([N+](=O)[O-])cc1Cl)c1ccccc1. The molecule has 0 bridgehead atoms. The number of hydrogen-bond donors (Lipinski definition) is 1. The van der Waals surface area contributed by atoms with Crippen molar-refractivity contribution in [2.75, 3.05) is 0 Å². The topological polar surface area (TPSA) is 85.2 Å². The van der Waals surface area contributed by atoms with E-state index in [1.165, 1.54) is 18.2 Å². The number of nitro groups is 1. The van der Waals surface area contributed by atoms with Crippen LogP contribution in [0, 0.1) is 10.1 Å². The van der Waals surface area contributed by atoms with Crippen LogP contribution in [0.15, 0.2) is 79.0 Å². The molecule has 0 spiro atoms. The van der Waals surface area contributed by atoms with Crippen LogP contribution in [-0.2, 0) is 0 Å². The lowest BCUT2D eigenvalue weighted by Gasteiger charge is -2.19. The molecular weight excluding hydrogens is 392 g/mol. The molecule has 4 aromatic rings. The Hall–Kier alpha value is -3.64. The molecule has 1 N–H and O–H groups in total. The van der Waals surface area contributed by atoms with E-state index in [0.29, 0.717) is 11.1 Å². The molecule has 0 saturated carbocycles. The van der Waals surface area contributed by atoms with Crippen LogP contribution < -0.4 is 4.74 Å². The predicted octanol–water partition coefficient (Wildman–Crippen LogP) is 5.73. The average molecular weight is 407 g/mol. The third-order valence-electron chi connectivity index (χ3n) is 4.57. The highest BCUT2D eigenvalue weighted by Gasteiger charge is 2.27. The first-order valence-electron chi connectivity index (χ1n) is 8.80. The van der Waals surface area contributed by atoms with Crippen molar-refractivity contribution in [2.45, 2.75) is 6.10 Å². The Morgan fingerprint density at radius 3 is 2.48 bits per heavy atom. The number of Topliss-reactive ketones (excluding diaryl/α,β-unsaturated/α-hetero) is 1. The monoisotopic (exact) mass is 406 g/mol. The number of nitrogens with one attached hydrogen (secondary N) is 1. The Balaban J connectivity index is 1.75. The minimum absolute atomic E-state index is 0.0619. The molecule has 29 heavy (non-hydrogen) atoms. The molecule has 0 aliphatic carbocycles. The van der Waals surface area contributed by atoms with E-state index in [1.807, 2.05) is 42.5 Å². The van der Waals surface area contributed by atoms with E-state index in [0.717, 1.165) is 10.9 Å². The fourth-order valence-electron chi connectivity index (χ4n) is 3.14. The first-order valence-corrected chi connectivity index (χ1v) is 9.18. The van der Waals surface area contributed by atoms with Crippen molar-refractivity contribution in [3.8, 4) is 5.75 Å². The zero-order valence-corrected chi connectivity index (χ0v) is 15.8. The molecule has 0 saturated heterocycles. The van der Waals surface area contributed by atoms with Crippen LogP contribution in [0.5, 0.6) is 5.75 Å². The first kappa shape index (κ1) is 18.7. The van der Waals surface area contributed by atoms with Crippen molar-refractivity contribution in [3.63, 3.8) is 0 Å². The number of carbonyl (C=O) groups excluding carboxylic acids is 1. The summed E-state index contributed by atoms with van der Waals surface area (Å²) in [6.07, 6.45) is 0.693. The largest absolute Gasteiger partial charge is 0.476 e. The number of rotatable bonds is 6. The zero-order chi connectivity index (χ0) is 20.4. The predicted molar refractivity (Wildman–Crippen MR) is 111 cm³/mol. The number of fused-ring (bicyclic) bond motifs is 1. The fraction of sp³-hybridized carbons (Fsp3) is 0.0455. The van der Waals surface area contributed by atoms with Crippen molar-refractivity contribution in [1.29, 1.82) is 0 Å². The van der Waals surface area contributed by atoms with Gasteiger partial charge in [0.1, 0.15) is 5.75 Å². The van der Waals surface area contributed by atoms with E-state index in [-0.39, 0.29) is 22.2 Å². The minimum atomic E-state index is -0.964. The van der Waals surface area contributed by atoms with Gasteiger partial charge >= 0.3 is 0 Å². The molecule has 0 fully saturated rings. The number of nitrogens with zero attached hydrogens (tertiary/aromatic N) is 1. The lowest BCUT2D eigenvalue weighted by Crippen LogP contribution is -2.19. The summed E-state index contributed by atoms with van der Waals surface area (Å²) in [7, 11) is 0. The van der Waals surface area contributed by atoms with Gasteiger partial charge in [-0.05, 0) is 12.1 Å². The lowest BCUT2D eigenvalue weighted by atomic mass is 9.99. The second-order valence-electron chi connectivity index (χ2n) is 6.39. The number of ketones is 1. The second kappa shape index (κ2) is 7.77. The number of aromatic nitrogens is 1. The maximum absolute atomic E-state index is 13.4. The van der Waals surface area contributed by atoms with Gasteiger partial charge in [0.15, 0.2) is 6.10 Å². The second-order valence-corrected chi connectivity index (χ2v) is 6.80. The van der Waals surface area contributed by atoms with E-state index in [4.69, 9.17) is 16.3 Å². The van der Waals surface area contributed by atoms with Crippen molar-refractivity contribution in [2.24, 2.45) is 0 Å².